The molecule has 0 saturated carbocycles. The van der Waals surface area contributed by atoms with Crippen molar-refractivity contribution in [2.75, 3.05) is 13.2 Å². The van der Waals surface area contributed by atoms with Gasteiger partial charge in [0.15, 0.2) is 0 Å². The fourth-order valence-electron chi connectivity index (χ4n) is 2.94. The van der Waals surface area contributed by atoms with E-state index in [-0.39, 0.29) is 18.7 Å². The van der Waals surface area contributed by atoms with Crippen molar-refractivity contribution >= 4 is 31.0 Å². The van der Waals surface area contributed by atoms with Gasteiger partial charge in [0.1, 0.15) is 5.60 Å². The van der Waals surface area contributed by atoms with Gasteiger partial charge in [0.05, 0.1) is 17.8 Å². The molecule has 0 aliphatic carbocycles. The summed E-state index contributed by atoms with van der Waals surface area (Å²) in [6.45, 7) is 15.1. The molecule has 1 amide bonds. The van der Waals surface area contributed by atoms with Crippen LogP contribution in [0.1, 0.15) is 71.3 Å². The third-order valence-electron chi connectivity index (χ3n) is 5.38. The first-order valence-electron chi connectivity index (χ1n) is 11.0. The van der Waals surface area contributed by atoms with Gasteiger partial charge in [-0.2, -0.15) is 0 Å². The quantitative estimate of drug-likeness (QED) is 0.285. The largest absolute Gasteiger partial charge is 0.492 e. The molecular weight excluding hydrogens is 425 g/mol. The van der Waals surface area contributed by atoms with Crippen molar-refractivity contribution in [2.24, 2.45) is 0 Å². The van der Waals surface area contributed by atoms with E-state index in [0.29, 0.717) is 5.47 Å². The molecule has 0 bridgehead atoms. The van der Waals surface area contributed by atoms with Gasteiger partial charge in [-0.05, 0) is 66.4 Å². The van der Waals surface area contributed by atoms with Crippen molar-refractivity contribution < 1.29 is 33.2 Å². The Labute approximate surface area is 196 Å². The van der Waals surface area contributed by atoms with E-state index in [9.17, 15) is 14.4 Å². The lowest BCUT2D eigenvalue weighted by molar-refractivity contribution is -0.137. The molecule has 1 heterocycles. The molecular formula is C24H34BNO7. The standard InChI is InChI=1S/C24H34BNO7/c1-9-30-20(28)19(27)17-12-10-16(11-13-17)14-18(15-26-21(29)31-22(2,3)4)25-32-23(5,6)24(7,8)33-25/h10-14H,9,15H2,1-8H3,(H,26,29). The van der Waals surface area contributed by atoms with Gasteiger partial charge in [0.25, 0.3) is 5.78 Å². The van der Waals surface area contributed by atoms with Crippen LogP contribution in [0, 0.1) is 0 Å². The number of carbonyl (C=O) groups excluding carboxylic acids is 3. The second kappa shape index (κ2) is 10.1. The predicted octanol–water partition coefficient (Wildman–Crippen LogP) is 3.97. The Morgan fingerprint density at radius 2 is 1.58 bits per heavy atom. The van der Waals surface area contributed by atoms with Crippen LogP contribution >= 0.6 is 0 Å². The fourth-order valence-corrected chi connectivity index (χ4v) is 2.94. The van der Waals surface area contributed by atoms with Crippen molar-refractivity contribution in [3.05, 3.63) is 40.9 Å². The van der Waals surface area contributed by atoms with Gasteiger partial charge in [-0.3, -0.25) is 4.79 Å². The normalized spacial score (nSPS) is 17.5. The van der Waals surface area contributed by atoms with E-state index in [4.69, 9.17) is 18.8 Å². The van der Waals surface area contributed by atoms with Gasteiger partial charge in [-0.25, -0.2) is 9.59 Å². The number of rotatable bonds is 7. The van der Waals surface area contributed by atoms with Crippen LogP contribution < -0.4 is 5.32 Å². The molecule has 1 aliphatic rings. The summed E-state index contributed by atoms with van der Waals surface area (Å²) < 4.78 is 22.4. The van der Waals surface area contributed by atoms with Crippen LogP contribution in [0.4, 0.5) is 4.79 Å². The number of Topliss-reactive ketones (excluding diaryl/α,β-unsaturated/α-hetero) is 1. The fraction of sp³-hybridized carbons (Fsp3) is 0.542. The number of nitrogens with one attached hydrogen (secondary N) is 1. The minimum atomic E-state index is -0.889. The summed E-state index contributed by atoms with van der Waals surface area (Å²) in [7, 11) is -0.689. The summed E-state index contributed by atoms with van der Waals surface area (Å²) >= 11 is 0. The molecule has 9 heteroatoms. The van der Waals surface area contributed by atoms with Crippen molar-refractivity contribution in [2.45, 2.75) is 72.2 Å². The summed E-state index contributed by atoms with van der Waals surface area (Å²) in [4.78, 5) is 36.0. The Kier molecular flexibility index (Phi) is 8.14. The van der Waals surface area contributed by atoms with E-state index in [1.165, 1.54) is 0 Å². The smallest absolute Gasteiger partial charge is 0.460 e. The molecule has 33 heavy (non-hydrogen) atoms. The number of hydrogen-bond donors (Lipinski definition) is 1. The van der Waals surface area contributed by atoms with Gasteiger partial charge in [-0.15, -0.1) is 0 Å². The lowest BCUT2D eigenvalue weighted by Gasteiger charge is -2.32. The van der Waals surface area contributed by atoms with Crippen molar-refractivity contribution in [3.8, 4) is 0 Å². The number of esters is 1. The first-order valence-corrected chi connectivity index (χ1v) is 11.0. The molecule has 0 aromatic heterocycles. The average molecular weight is 459 g/mol. The second-order valence-electron chi connectivity index (χ2n) is 9.83. The molecule has 8 nitrogen and oxygen atoms in total. The number of alkyl carbamates (subject to hydrolysis) is 1. The first kappa shape index (κ1) is 26.6. The second-order valence-corrected chi connectivity index (χ2v) is 9.83. The third kappa shape index (κ3) is 7.17. The molecule has 2 rings (SSSR count). The predicted molar refractivity (Wildman–Crippen MR) is 126 cm³/mol. The van der Waals surface area contributed by atoms with E-state index < -0.39 is 41.8 Å². The van der Waals surface area contributed by atoms with Crippen molar-refractivity contribution in [3.63, 3.8) is 0 Å². The van der Waals surface area contributed by atoms with Crippen LogP contribution in [0.2, 0.25) is 0 Å². The highest BCUT2D eigenvalue weighted by Gasteiger charge is 2.52. The van der Waals surface area contributed by atoms with Crippen LogP contribution in [-0.4, -0.2) is 54.9 Å². The molecule has 0 unspecified atom stereocenters. The summed E-state index contributed by atoms with van der Waals surface area (Å²) in [6, 6.07) is 6.50. The number of hydrogen-bond acceptors (Lipinski definition) is 7. The molecule has 0 spiro atoms. The number of amides is 1. The molecule has 1 fully saturated rings. The summed E-state index contributed by atoms with van der Waals surface area (Å²) in [5, 5.41) is 2.74. The third-order valence-corrected chi connectivity index (χ3v) is 5.38. The molecule has 0 atom stereocenters. The summed E-state index contributed by atoms with van der Waals surface area (Å²) in [5.41, 5.74) is -0.0960. The Morgan fingerprint density at radius 3 is 2.06 bits per heavy atom. The zero-order valence-electron chi connectivity index (χ0n) is 20.7. The van der Waals surface area contributed by atoms with Gasteiger partial charge in [0.2, 0.25) is 0 Å². The van der Waals surface area contributed by atoms with Gasteiger partial charge in [-0.1, -0.05) is 30.3 Å². The number of ketones is 1. The molecule has 1 N–H and O–H groups in total. The monoisotopic (exact) mass is 459 g/mol. The van der Waals surface area contributed by atoms with Crippen LogP contribution in [0.25, 0.3) is 6.08 Å². The minimum absolute atomic E-state index is 0.132. The number of ether oxygens (including phenoxy) is 2. The number of carbonyl (C=O) groups is 3. The summed E-state index contributed by atoms with van der Waals surface area (Å²) in [5.74, 6) is -1.59. The van der Waals surface area contributed by atoms with Crippen LogP contribution in [0.15, 0.2) is 29.7 Å². The Hall–Kier alpha value is -2.65. The molecule has 1 aromatic rings. The van der Waals surface area contributed by atoms with E-state index in [1.807, 2.05) is 33.8 Å². The van der Waals surface area contributed by atoms with Gasteiger partial charge in [0, 0.05) is 12.1 Å². The maximum Gasteiger partial charge on any atom is 0.492 e. The highest BCUT2D eigenvalue weighted by molar-refractivity contribution is 6.56. The van der Waals surface area contributed by atoms with E-state index in [0.717, 1.165) is 5.56 Å². The maximum absolute atomic E-state index is 12.2. The van der Waals surface area contributed by atoms with Crippen LogP contribution in [0.5, 0.6) is 0 Å². The minimum Gasteiger partial charge on any atom is -0.460 e. The van der Waals surface area contributed by atoms with Gasteiger partial charge >= 0.3 is 19.2 Å². The maximum atomic E-state index is 12.2. The highest BCUT2D eigenvalue weighted by atomic mass is 16.7. The SMILES string of the molecule is CCOC(=O)C(=O)c1ccc(C=C(CNC(=O)OC(C)(C)C)B2OC(C)(C)C(C)(C)O2)cc1. The van der Waals surface area contributed by atoms with E-state index in [2.05, 4.69) is 5.32 Å². The first-order chi connectivity index (χ1) is 15.1. The molecule has 1 aliphatic heterocycles. The van der Waals surface area contributed by atoms with Crippen molar-refractivity contribution in [1.82, 2.24) is 5.32 Å². The lowest BCUT2D eigenvalue weighted by atomic mass is 9.77. The van der Waals surface area contributed by atoms with Crippen molar-refractivity contribution in [1.29, 1.82) is 0 Å². The highest BCUT2D eigenvalue weighted by Crippen LogP contribution is 2.38. The van der Waals surface area contributed by atoms with Gasteiger partial charge < -0.3 is 24.1 Å². The zero-order chi connectivity index (χ0) is 25.0. The zero-order valence-corrected chi connectivity index (χ0v) is 20.7. The van der Waals surface area contributed by atoms with E-state index in [1.54, 1.807) is 52.0 Å². The van der Waals surface area contributed by atoms with E-state index >= 15 is 0 Å². The lowest BCUT2D eigenvalue weighted by Crippen LogP contribution is -2.41. The van der Waals surface area contributed by atoms with Crippen LogP contribution in [-0.2, 0) is 23.6 Å². The molecule has 180 valence electrons. The number of benzene rings is 1. The Bertz CT molecular complexity index is 898. The average Bonchev–Trinajstić information content (AvgIpc) is 2.91. The Morgan fingerprint density at radius 1 is 1.03 bits per heavy atom. The Balaban J connectivity index is 2.26. The summed E-state index contributed by atoms with van der Waals surface area (Å²) in [6.07, 6.45) is 1.26. The topological polar surface area (TPSA) is 100 Å². The molecule has 1 aromatic carbocycles. The molecule has 0 radical (unpaired) electrons. The van der Waals surface area contributed by atoms with Crippen LogP contribution in [0.3, 0.4) is 0 Å². The molecule has 1 saturated heterocycles.